The molecule has 0 amide bonds. The van der Waals surface area contributed by atoms with Crippen LogP contribution < -0.4 is 23.7 Å². The molecule has 0 aliphatic carbocycles. The molecule has 4 heteroatoms. The van der Waals surface area contributed by atoms with Gasteiger partial charge < -0.3 is 17.8 Å². The number of halogens is 2. The number of anilines is 1. The monoisotopic (exact) mass is 162 g/mol. The van der Waals surface area contributed by atoms with Crippen molar-refractivity contribution in [2.75, 3.05) is 5.43 Å². The minimum absolute atomic E-state index is 0. The Bertz CT molecular complexity index is 192. The molecule has 1 rings (SSSR count). The van der Waals surface area contributed by atoms with Crippen molar-refractivity contribution in [2.24, 2.45) is 5.84 Å². The van der Waals surface area contributed by atoms with E-state index in [0.29, 0.717) is 5.69 Å². The van der Waals surface area contributed by atoms with E-state index in [0.717, 1.165) is 0 Å². The molecule has 0 aliphatic rings. The third kappa shape index (κ3) is 2.21. The average molecular weight is 163 g/mol. The van der Waals surface area contributed by atoms with Crippen LogP contribution in [0, 0.1) is 5.82 Å². The van der Waals surface area contributed by atoms with Crippen molar-refractivity contribution in [1.82, 2.24) is 0 Å². The van der Waals surface area contributed by atoms with E-state index in [2.05, 4.69) is 5.43 Å². The lowest BCUT2D eigenvalue weighted by Crippen LogP contribution is -3.00. The molecule has 0 aromatic heterocycles. The lowest BCUT2D eigenvalue weighted by molar-refractivity contribution is -0.00000252. The van der Waals surface area contributed by atoms with Crippen molar-refractivity contribution in [3.63, 3.8) is 0 Å². The van der Waals surface area contributed by atoms with E-state index >= 15 is 0 Å². The Morgan fingerprint density at radius 3 is 2.20 bits per heavy atom. The predicted octanol–water partition coefficient (Wildman–Crippen LogP) is -1.77. The Labute approximate surface area is 66.1 Å². The first-order valence-corrected chi connectivity index (χ1v) is 2.55. The van der Waals surface area contributed by atoms with E-state index in [4.69, 9.17) is 5.84 Å². The molecule has 0 fully saturated rings. The standard InChI is InChI=1S/C6H7FN2.ClH/c7-5-1-3-6(9-8)4-2-5;/h1-4,9H,8H2;1H. The molecule has 0 unspecified atom stereocenters. The fourth-order valence-corrected chi connectivity index (χ4v) is 0.546. The SMILES string of the molecule is NNc1ccc(F)cc1.[Cl-].[H+]. The van der Waals surface area contributed by atoms with Crippen LogP contribution in [-0.2, 0) is 0 Å². The van der Waals surface area contributed by atoms with Crippen LogP contribution >= 0.6 is 0 Å². The topological polar surface area (TPSA) is 38.0 Å². The molecule has 0 bridgehead atoms. The summed E-state index contributed by atoms with van der Waals surface area (Å²) in [5.41, 5.74) is 3.09. The summed E-state index contributed by atoms with van der Waals surface area (Å²) in [4.78, 5) is 0. The summed E-state index contributed by atoms with van der Waals surface area (Å²) in [6.07, 6.45) is 0. The number of hydrogen-bond acceptors (Lipinski definition) is 2. The number of hydrogen-bond donors (Lipinski definition) is 2. The van der Waals surface area contributed by atoms with E-state index in [1.54, 1.807) is 12.1 Å². The molecule has 1 aromatic carbocycles. The number of nitrogen functional groups attached to an aromatic ring is 1. The smallest absolute Gasteiger partial charge is 1.00 e. The second kappa shape index (κ2) is 4.09. The molecular weight excluding hydrogens is 155 g/mol. The van der Waals surface area contributed by atoms with Crippen molar-refractivity contribution in [1.29, 1.82) is 0 Å². The molecule has 3 N–H and O–H groups in total. The van der Waals surface area contributed by atoms with Crippen LogP contribution in [0.5, 0.6) is 0 Å². The Kier molecular flexibility index (Phi) is 3.76. The lowest BCUT2D eigenvalue weighted by Gasteiger charge is -1.95. The molecule has 56 valence electrons. The van der Waals surface area contributed by atoms with Crippen molar-refractivity contribution in [3.8, 4) is 0 Å². The van der Waals surface area contributed by atoms with Gasteiger partial charge in [0.1, 0.15) is 5.82 Å². The van der Waals surface area contributed by atoms with Crippen LogP contribution in [-0.4, -0.2) is 0 Å². The minimum Gasteiger partial charge on any atom is -1.00 e. The zero-order valence-electron chi connectivity index (χ0n) is 6.14. The van der Waals surface area contributed by atoms with Crippen LogP contribution in [0.25, 0.3) is 0 Å². The molecule has 0 spiro atoms. The first-order chi connectivity index (χ1) is 4.33. The Balaban J connectivity index is 0. The largest absolute Gasteiger partial charge is 1.00 e. The van der Waals surface area contributed by atoms with Gasteiger partial charge in [0.05, 0.1) is 0 Å². The average Bonchev–Trinajstić information content (AvgIpc) is 1.90. The molecule has 1 aromatic rings. The molecule has 0 saturated carbocycles. The first kappa shape index (κ1) is 9.20. The maximum Gasteiger partial charge on any atom is 1.00 e. The summed E-state index contributed by atoms with van der Waals surface area (Å²) >= 11 is 0. The van der Waals surface area contributed by atoms with Gasteiger partial charge >= 0.3 is 1.43 Å². The van der Waals surface area contributed by atoms with Crippen molar-refractivity contribution in [2.45, 2.75) is 0 Å². The van der Waals surface area contributed by atoms with E-state index in [9.17, 15) is 4.39 Å². The van der Waals surface area contributed by atoms with Crippen molar-refractivity contribution >= 4 is 5.69 Å². The summed E-state index contributed by atoms with van der Waals surface area (Å²) in [6.45, 7) is 0. The van der Waals surface area contributed by atoms with Gasteiger partial charge in [0.2, 0.25) is 0 Å². The zero-order valence-corrected chi connectivity index (χ0v) is 5.90. The summed E-state index contributed by atoms with van der Waals surface area (Å²) in [5, 5.41) is 0. The van der Waals surface area contributed by atoms with Crippen LogP contribution in [0.2, 0.25) is 0 Å². The van der Waals surface area contributed by atoms with Crippen LogP contribution in [0.1, 0.15) is 1.43 Å². The molecule has 0 saturated heterocycles. The predicted molar refractivity (Wildman–Crippen MR) is 35.3 cm³/mol. The van der Waals surface area contributed by atoms with E-state index < -0.39 is 0 Å². The number of rotatable bonds is 1. The third-order valence-corrected chi connectivity index (χ3v) is 1.01. The van der Waals surface area contributed by atoms with Gasteiger partial charge in [-0.2, -0.15) is 0 Å². The van der Waals surface area contributed by atoms with Crippen LogP contribution in [0.15, 0.2) is 24.3 Å². The van der Waals surface area contributed by atoms with Gasteiger partial charge in [-0.1, -0.05) is 0 Å². The van der Waals surface area contributed by atoms with E-state index in [1.165, 1.54) is 12.1 Å². The number of hydrazine groups is 1. The van der Waals surface area contributed by atoms with Gasteiger partial charge in [-0.05, 0) is 24.3 Å². The third-order valence-electron chi connectivity index (χ3n) is 1.01. The van der Waals surface area contributed by atoms with Crippen molar-refractivity contribution in [3.05, 3.63) is 30.1 Å². The Morgan fingerprint density at radius 1 is 1.30 bits per heavy atom. The lowest BCUT2D eigenvalue weighted by atomic mass is 10.3. The van der Waals surface area contributed by atoms with Gasteiger partial charge in [0.25, 0.3) is 0 Å². The Morgan fingerprint density at radius 2 is 1.80 bits per heavy atom. The molecule has 10 heavy (non-hydrogen) atoms. The van der Waals surface area contributed by atoms with Crippen LogP contribution in [0.3, 0.4) is 0 Å². The summed E-state index contributed by atoms with van der Waals surface area (Å²) in [7, 11) is 0. The van der Waals surface area contributed by atoms with Gasteiger partial charge in [0, 0.05) is 5.69 Å². The van der Waals surface area contributed by atoms with E-state index in [-0.39, 0.29) is 19.7 Å². The normalized spacial score (nSPS) is 8.20. The highest BCUT2D eigenvalue weighted by molar-refractivity contribution is 5.41. The fraction of sp³-hybridized carbons (Fsp3) is 0. The first-order valence-electron chi connectivity index (χ1n) is 2.55. The molecule has 0 heterocycles. The molecule has 0 atom stereocenters. The molecule has 0 radical (unpaired) electrons. The highest BCUT2D eigenvalue weighted by Crippen LogP contribution is 2.05. The summed E-state index contributed by atoms with van der Waals surface area (Å²) in [6, 6.07) is 5.81. The minimum atomic E-state index is -0.256. The van der Waals surface area contributed by atoms with Gasteiger partial charge in [-0.15, -0.1) is 0 Å². The maximum absolute atomic E-state index is 12.2. The summed E-state index contributed by atoms with van der Waals surface area (Å²) < 4.78 is 12.2. The summed E-state index contributed by atoms with van der Waals surface area (Å²) in [5.74, 6) is 4.77. The molecule has 2 nitrogen and oxygen atoms in total. The second-order valence-corrected chi connectivity index (χ2v) is 1.65. The molecule has 0 aliphatic heterocycles. The highest BCUT2D eigenvalue weighted by atomic mass is 35.5. The highest BCUT2D eigenvalue weighted by Gasteiger charge is 1.87. The fourth-order valence-electron chi connectivity index (χ4n) is 0.546. The van der Waals surface area contributed by atoms with E-state index in [1.807, 2.05) is 0 Å². The van der Waals surface area contributed by atoms with Crippen LogP contribution in [0.4, 0.5) is 10.1 Å². The van der Waals surface area contributed by atoms with Crippen molar-refractivity contribution < 1.29 is 18.2 Å². The van der Waals surface area contributed by atoms with Gasteiger partial charge in [-0.3, -0.25) is 5.84 Å². The number of benzene rings is 1. The van der Waals surface area contributed by atoms with Gasteiger partial charge in [0.15, 0.2) is 0 Å². The second-order valence-electron chi connectivity index (χ2n) is 1.65. The molecular formula is C6H8ClFN2. The quantitative estimate of drug-likeness (QED) is 0.379. The maximum atomic E-state index is 12.2. The number of nitrogens with two attached hydrogens (primary N) is 1. The Hall–Kier alpha value is -0.800. The van der Waals surface area contributed by atoms with Gasteiger partial charge in [-0.25, -0.2) is 4.39 Å². The zero-order chi connectivity index (χ0) is 6.69. The number of nitrogens with one attached hydrogen (secondary N) is 1.